The minimum Gasteiger partial charge on any atom is -0.384 e. The Balaban J connectivity index is 2.46. The summed E-state index contributed by atoms with van der Waals surface area (Å²) in [6.45, 7) is 0.948. The van der Waals surface area contributed by atoms with Crippen LogP contribution in [-0.4, -0.2) is 33.5 Å². The van der Waals surface area contributed by atoms with Crippen LogP contribution >= 0.6 is 43.2 Å². The Hall–Kier alpha value is 0.530. The van der Waals surface area contributed by atoms with Crippen molar-refractivity contribution in [3.8, 4) is 0 Å². The summed E-state index contributed by atoms with van der Waals surface area (Å²) >= 11 is 7.83. The van der Waals surface area contributed by atoms with Gasteiger partial charge in [-0.3, -0.25) is 0 Å². The number of methoxy groups -OCH3 is 1. The van der Waals surface area contributed by atoms with Crippen LogP contribution in [0, 0.1) is 0 Å². The molecule has 0 aromatic carbocycles. The molecular weight excluding hydrogens is 394 g/mol. The first kappa shape index (κ1) is 15.6. The van der Waals surface area contributed by atoms with Crippen LogP contribution in [0.1, 0.15) is 6.42 Å². The first-order chi connectivity index (χ1) is 7.95. The topological polar surface area (TPSA) is 55.4 Å². The highest BCUT2D eigenvalue weighted by Gasteiger charge is 2.16. The second-order valence-corrected chi connectivity index (χ2v) is 9.05. The Labute approximate surface area is 122 Å². The summed E-state index contributed by atoms with van der Waals surface area (Å²) in [5, 5.41) is 0. The zero-order valence-corrected chi connectivity index (χ0v) is 14.0. The molecule has 0 aliphatic heterocycles. The third-order valence-corrected chi connectivity index (χ3v) is 6.21. The first-order valence-corrected chi connectivity index (χ1v) is 8.84. The van der Waals surface area contributed by atoms with Gasteiger partial charge in [-0.05, 0) is 34.5 Å². The lowest BCUT2D eigenvalue weighted by Gasteiger charge is -2.09. The standard InChI is InChI=1S/C9H13Br2NO3S2/c1-15-6-7(10)4-5-12-17(13,14)9-3-2-8(11)16-9/h2-3,7,12H,4-6H2,1H3. The molecule has 1 N–H and O–H groups in total. The van der Waals surface area contributed by atoms with Crippen molar-refractivity contribution in [3.63, 3.8) is 0 Å². The second-order valence-electron chi connectivity index (χ2n) is 3.30. The van der Waals surface area contributed by atoms with Crippen LogP contribution < -0.4 is 4.72 Å². The molecule has 0 saturated heterocycles. The molecule has 0 radical (unpaired) electrons. The minimum atomic E-state index is -3.37. The van der Waals surface area contributed by atoms with Gasteiger partial charge in [0.2, 0.25) is 10.0 Å². The van der Waals surface area contributed by atoms with Crippen molar-refractivity contribution in [2.24, 2.45) is 0 Å². The summed E-state index contributed by atoms with van der Waals surface area (Å²) in [4.78, 5) is 0.158. The van der Waals surface area contributed by atoms with E-state index in [2.05, 4.69) is 36.6 Å². The van der Waals surface area contributed by atoms with Crippen molar-refractivity contribution >= 4 is 53.2 Å². The average Bonchev–Trinajstić information content (AvgIpc) is 2.65. The first-order valence-electron chi connectivity index (χ1n) is 4.83. The van der Waals surface area contributed by atoms with Gasteiger partial charge in [-0.15, -0.1) is 11.3 Å². The Kier molecular flexibility index (Phi) is 6.60. The van der Waals surface area contributed by atoms with Crippen LogP contribution in [0.2, 0.25) is 0 Å². The van der Waals surface area contributed by atoms with Gasteiger partial charge in [-0.2, -0.15) is 0 Å². The van der Waals surface area contributed by atoms with Crippen molar-refractivity contribution in [2.45, 2.75) is 15.5 Å². The number of rotatable bonds is 7. The van der Waals surface area contributed by atoms with Gasteiger partial charge in [0.25, 0.3) is 0 Å². The van der Waals surface area contributed by atoms with Crippen molar-refractivity contribution in [1.29, 1.82) is 0 Å². The lowest BCUT2D eigenvalue weighted by Crippen LogP contribution is -2.26. The molecule has 8 heteroatoms. The van der Waals surface area contributed by atoms with Crippen LogP contribution in [0.15, 0.2) is 20.1 Å². The fourth-order valence-corrected chi connectivity index (χ4v) is 4.72. The van der Waals surface area contributed by atoms with E-state index in [9.17, 15) is 8.42 Å². The van der Waals surface area contributed by atoms with E-state index in [4.69, 9.17) is 4.74 Å². The van der Waals surface area contributed by atoms with E-state index in [1.54, 1.807) is 19.2 Å². The normalized spacial score (nSPS) is 13.8. The zero-order chi connectivity index (χ0) is 12.9. The van der Waals surface area contributed by atoms with Gasteiger partial charge in [-0.25, -0.2) is 13.1 Å². The van der Waals surface area contributed by atoms with Crippen LogP contribution in [0.25, 0.3) is 0 Å². The van der Waals surface area contributed by atoms with Crippen molar-refractivity contribution < 1.29 is 13.2 Å². The number of nitrogens with one attached hydrogen (secondary N) is 1. The number of alkyl halides is 1. The molecule has 4 nitrogen and oxygen atoms in total. The maximum absolute atomic E-state index is 11.8. The number of sulfonamides is 1. The number of hydrogen-bond acceptors (Lipinski definition) is 4. The molecule has 1 atom stereocenters. The Bertz CT molecular complexity index is 447. The van der Waals surface area contributed by atoms with Gasteiger partial charge in [0, 0.05) is 18.5 Å². The second kappa shape index (κ2) is 7.20. The van der Waals surface area contributed by atoms with E-state index in [-0.39, 0.29) is 4.83 Å². The largest absolute Gasteiger partial charge is 0.384 e. The average molecular weight is 407 g/mol. The molecule has 0 bridgehead atoms. The lowest BCUT2D eigenvalue weighted by molar-refractivity contribution is 0.199. The number of halogens is 2. The molecule has 0 fully saturated rings. The molecule has 98 valence electrons. The predicted molar refractivity (Wildman–Crippen MR) is 76.4 cm³/mol. The Morgan fingerprint density at radius 3 is 2.76 bits per heavy atom. The van der Waals surface area contributed by atoms with Gasteiger partial charge in [-0.1, -0.05) is 15.9 Å². The summed E-state index contributed by atoms with van der Waals surface area (Å²) in [6, 6.07) is 3.30. The molecule has 0 saturated carbocycles. The van der Waals surface area contributed by atoms with Crippen LogP contribution in [0.5, 0.6) is 0 Å². The smallest absolute Gasteiger partial charge is 0.250 e. The highest BCUT2D eigenvalue weighted by atomic mass is 79.9. The fraction of sp³-hybridized carbons (Fsp3) is 0.556. The molecule has 0 spiro atoms. The Morgan fingerprint density at radius 1 is 1.53 bits per heavy atom. The van der Waals surface area contributed by atoms with Gasteiger partial charge >= 0.3 is 0 Å². The molecule has 1 aromatic rings. The molecule has 0 aliphatic carbocycles. The molecular formula is C9H13Br2NO3S2. The third kappa shape index (κ3) is 5.35. The van der Waals surface area contributed by atoms with E-state index in [1.807, 2.05) is 0 Å². The van der Waals surface area contributed by atoms with Crippen LogP contribution in [-0.2, 0) is 14.8 Å². The van der Waals surface area contributed by atoms with E-state index >= 15 is 0 Å². The van der Waals surface area contributed by atoms with Gasteiger partial charge in [0.1, 0.15) is 4.21 Å². The molecule has 1 aromatic heterocycles. The summed E-state index contributed by atoms with van der Waals surface area (Å²) in [5.74, 6) is 0. The minimum absolute atomic E-state index is 0.158. The molecule has 1 heterocycles. The van der Waals surface area contributed by atoms with Crippen molar-refractivity contribution in [3.05, 3.63) is 15.9 Å². The van der Waals surface area contributed by atoms with Gasteiger partial charge < -0.3 is 4.74 Å². The SMILES string of the molecule is COCC(Br)CCNS(=O)(=O)c1ccc(Br)s1. The summed E-state index contributed by atoms with van der Waals surface area (Å²) < 4.78 is 32.3. The summed E-state index contributed by atoms with van der Waals surface area (Å²) in [5.41, 5.74) is 0. The number of ether oxygens (including phenoxy) is 1. The highest BCUT2D eigenvalue weighted by Crippen LogP contribution is 2.25. The van der Waals surface area contributed by atoms with Crippen LogP contribution in [0.4, 0.5) is 0 Å². The summed E-state index contributed by atoms with van der Waals surface area (Å²) in [7, 11) is -1.76. The van der Waals surface area contributed by atoms with E-state index in [0.717, 1.165) is 3.79 Å². The van der Waals surface area contributed by atoms with E-state index < -0.39 is 10.0 Å². The predicted octanol–water partition coefficient (Wildman–Crippen LogP) is 2.59. The fourth-order valence-electron chi connectivity index (χ4n) is 1.13. The van der Waals surface area contributed by atoms with Crippen molar-refractivity contribution in [2.75, 3.05) is 20.3 Å². The monoisotopic (exact) mass is 405 g/mol. The zero-order valence-electron chi connectivity index (χ0n) is 9.15. The maximum Gasteiger partial charge on any atom is 0.250 e. The molecule has 0 amide bonds. The molecule has 1 unspecified atom stereocenters. The van der Waals surface area contributed by atoms with E-state index in [0.29, 0.717) is 23.8 Å². The number of thiophene rings is 1. The van der Waals surface area contributed by atoms with Gasteiger partial charge in [0.05, 0.1) is 10.4 Å². The lowest BCUT2D eigenvalue weighted by atomic mass is 10.3. The third-order valence-electron chi connectivity index (χ3n) is 1.91. The Morgan fingerprint density at radius 2 is 2.24 bits per heavy atom. The van der Waals surface area contributed by atoms with E-state index in [1.165, 1.54) is 11.3 Å². The van der Waals surface area contributed by atoms with Crippen molar-refractivity contribution in [1.82, 2.24) is 4.72 Å². The molecule has 0 aliphatic rings. The van der Waals surface area contributed by atoms with Gasteiger partial charge in [0.15, 0.2) is 0 Å². The quantitative estimate of drug-likeness (QED) is 0.708. The molecule has 17 heavy (non-hydrogen) atoms. The summed E-state index contributed by atoms with van der Waals surface area (Å²) in [6.07, 6.45) is 0.680. The number of hydrogen-bond donors (Lipinski definition) is 1. The maximum atomic E-state index is 11.8. The molecule has 1 rings (SSSR count). The highest BCUT2D eigenvalue weighted by molar-refractivity contribution is 9.11. The van der Waals surface area contributed by atoms with Crippen LogP contribution in [0.3, 0.4) is 0 Å².